The number of rotatable bonds is 6. The predicted octanol–water partition coefficient (Wildman–Crippen LogP) is 1.83. The summed E-state index contributed by atoms with van der Waals surface area (Å²) in [6.07, 6.45) is 1.67. The number of ether oxygens (including phenoxy) is 1. The van der Waals surface area contributed by atoms with Crippen molar-refractivity contribution in [1.29, 1.82) is 0 Å². The zero-order valence-corrected chi connectivity index (χ0v) is 11.4. The zero-order valence-electron chi connectivity index (χ0n) is 11.4. The first-order chi connectivity index (χ1) is 7.69. The van der Waals surface area contributed by atoms with Crippen LogP contribution in [-0.2, 0) is 4.74 Å². The molecule has 0 aliphatic carbocycles. The molecule has 0 unspecified atom stereocenters. The van der Waals surface area contributed by atoms with Gasteiger partial charge < -0.3 is 9.64 Å². The van der Waals surface area contributed by atoms with Crippen molar-refractivity contribution in [1.82, 2.24) is 9.80 Å². The molecular weight excluding hydrogens is 200 g/mol. The highest BCUT2D eigenvalue weighted by Gasteiger charge is 2.24. The Kier molecular flexibility index (Phi) is 6.32. The molecule has 16 heavy (non-hydrogen) atoms. The molecule has 0 aromatic rings. The summed E-state index contributed by atoms with van der Waals surface area (Å²) >= 11 is 0. The van der Waals surface area contributed by atoms with E-state index in [-0.39, 0.29) is 0 Å². The molecule has 0 amide bonds. The molecular formula is C13H28N2O. The molecule has 0 spiro atoms. The van der Waals surface area contributed by atoms with Crippen LogP contribution in [0.15, 0.2) is 0 Å². The number of nitrogens with zero attached hydrogens (tertiary/aromatic N) is 2. The molecule has 0 saturated carbocycles. The molecule has 96 valence electrons. The Morgan fingerprint density at radius 1 is 1.25 bits per heavy atom. The van der Waals surface area contributed by atoms with Gasteiger partial charge in [-0.15, -0.1) is 0 Å². The highest BCUT2D eigenvalue weighted by molar-refractivity contribution is 4.77. The van der Waals surface area contributed by atoms with Crippen LogP contribution in [0.4, 0.5) is 0 Å². The van der Waals surface area contributed by atoms with E-state index < -0.39 is 0 Å². The topological polar surface area (TPSA) is 15.7 Å². The fourth-order valence-electron chi connectivity index (χ4n) is 2.35. The molecule has 0 aromatic heterocycles. The van der Waals surface area contributed by atoms with Crippen LogP contribution in [0.25, 0.3) is 0 Å². The highest BCUT2D eigenvalue weighted by Crippen LogP contribution is 2.13. The highest BCUT2D eigenvalue weighted by atomic mass is 16.5. The minimum Gasteiger partial charge on any atom is -0.376 e. The maximum atomic E-state index is 5.64. The first kappa shape index (κ1) is 13.9. The molecule has 0 N–H and O–H groups in total. The lowest BCUT2D eigenvalue weighted by molar-refractivity contribution is -0.0558. The van der Waals surface area contributed by atoms with E-state index in [1.165, 1.54) is 32.6 Å². The third-order valence-electron chi connectivity index (χ3n) is 3.83. The van der Waals surface area contributed by atoms with Crippen molar-refractivity contribution in [3.63, 3.8) is 0 Å². The van der Waals surface area contributed by atoms with Crippen molar-refractivity contribution in [3.05, 3.63) is 0 Å². The smallest absolute Gasteiger partial charge is 0.0700 e. The van der Waals surface area contributed by atoms with Crippen molar-refractivity contribution < 1.29 is 4.74 Å². The summed E-state index contributed by atoms with van der Waals surface area (Å²) in [6.45, 7) is 15.7. The molecule has 1 aliphatic heterocycles. The van der Waals surface area contributed by atoms with Crippen molar-refractivity contribution in [2.75, 3.05) is 39.3 Å². The van der Waals surface area contributed by atoms with Gasteiger partial charge in [-0.1, -0.05) is 13.8 Å². The first-order valence-electron chi connectivity index (χ1n) is 6.77. The van der Waals surface area contributed by atoms with Crippen molar-refractivity contribution >= 4 is 0 Å². The Labute approximate surface area is 101 Å². The molecule has 1 heterocycles. The van der Waals surface area contributed by atoms with Gasteiger partial charge in [0.25, 0.3) is 0 Å². The fraction of sp³-hybridized carbons (Fsp3) is 1.00. The lowest BCUT2D eigenvalue weighted by Gasteiger charge is -2.38. The molecule has 3 nitrogen and oxygen atoms in total. The summed E-state index contributed by atoms with van der Waals surface area (Å²) in [5.41, 5.74) is 0. The zero-order chi connectivity index (χ0) is 12.0. The maximum Gasteiger partial charge on any atom is 0.0700 e. The van der Waals surface area contributed by atoms with Gasteiger partial charge in [-0.25, -0.2) is 0 Å². The monoisotopic (exact) mass is 228 g/mol. The molecule has 0 bridgehead atoms. The van der Waals surface area contributed by atoms with Gasteiger partial charge in [-0.3, -0.25) is 4.90 Å². The second kappa shape index (κ2) is 7.25. The lowest BCUT2D eigenvalue weighted by Crippen LogP contribution is -2.49. The SMILES string of the molecule is CCN(CC)CCCN1CCO[C@H](C)[C@@H]1C. The van der Waals surface area contributed by atoms with Gasteiger partial charge in [0.2, 0.25) is 0 Å². The Bertz CT molecular complexity index is 183. The number of morpholine rings is 1. The van der Waals surface area contributed by atoms with Gasteiger partial charge >= 0.3 is 0 Å². The van der Waals surface area contributed by atoms with Crippen LogP contribution in [0, 0.1) is 0 Å². The summed E-state index contributed by atoms with van der Waals surface area (Å²) in [4.78, 5) is 5.06. The fourth-order valence-corrected chi connectivity index (χ4v) is 2.35. The largest absolute Gasteiger partial charge is 0.376 e. The van der Waals surface area contributed by atoms with E-state index in [0.29, 0.717) is 12.1 Å². The summed E-state index contributed by atoms with van der Waals surface area (Å²) < 4.78 is 5.64. The van der Waals surface area contributed by atoms with Crippen LogP contribution in [0.5, 0.6) is 0 Å². The normalized spacial score (nSPS) is 27.6. The van der Waals surface area contributed by atoms with Crippen LogP contribution >= 0.6 is 0 Å². The van der Waals surface area contributed by atoms with Crippen molar-refractivity contribution in [3.8, 4) is 0 Å². The second-order valence-electron chi connectivity index (χ2n) is 4.73. The molecule has 1 aliphatic rings. The van der Waals surface area contributed by atoms with Crippen LogP contribution in [0.2, 0.25) is 0 Å². The van der Waals surface area contributed by atoms with E-state index >= 15 is 0 Å². The summed E-state index contributed by atoms with van der Waals surface area (Å²) in [7, 11) is 0. The van der Waals surface area contributed by atoms with E-state index in [1.807, 2.05) is 0 Å². The molecule has 1 saturated heterocycles. The van der Waals surface area contributed by atoms with Crippen LogP contribution in [-0.4, -0.2) is 61.3 Å². The van der Waals surface area contributed by atoms with Gasteiger partial charge in [0.05, 0.1) is 12.7 Å². The van der Waals surface area contributed by atoms with Gasteiger partial charge in [0, 0.05) is 12.6 Å². The Morgan fingerprint density at radius 2 is 1.94 bits per heavy atom. The average Bonchev–Trinajstić information content (AvgIpc) is 2.30. The second-order valence-corrected chi connectivity index (χ2v) is 4.73. The predicted molar refractivity (Wildman–Crippen MR) is 68.9 cm³/mol. The minimum atomic E-state index is 0.391. The van der Waals surface area contributed by atoms with Gasteiger partial charge in [-0.05, 0) is 46.4 Å². The molecule has 1 fully saturated rings. The number of hydrogen-bond donors (Lipinski definition) is 0. The number of hydrogen-bond acceptors (Lipinski definition) is 3. The standard InChI is InChI=1S/C13H28N2O/c1-5-14(6-2)8-7-9-15-10-11-16-13(4)12(15)3/h12-13H,5-11H2,1-4H3/t12-,13+/m0/s1. The molecule has 1 rings (SSSR count). The maximum absolute atomic E-state index is 5.64. The lowest BCUT2D eigenvalue weighted by atomic mass is 10.1. The van der Waals surface area contributed by atoms with Crippen molar-refractivity contribution in [2.24, 2.45) is 0 Å². The Morgan fingerprint density at radius 3 is 2.56 bits per heavy atom. The van der Waals surface area contributed by atoms with E-state index in [2.05, 4.69) is 37.5 Å². The summed E-state index contributed by atoms with van der Waals surface area (Å²) in [6, 6.07) is 0.574. The van der Waals surface area contributed by atoms with Gasteiger partial charge in [0.1, 0.15) is 0 Å². The molecule has 3 heteroatoms. The van der Waals surface area contributed by atoms with Gasteiger partial charge in [0.15, 0.2) is 0 Å². The quantitative estimate of drug-likeness (QED) is 0.690. The van der Waals surface area contributed by atoms with Crippen LogP contribution in [0.3, 0.4) is 0 Å². The van der Waals surface area contributed by atoms with Crippen LogP contribution in [0.1, 0.15) is 34.1 Å². The van der Waals surface area contributed by atoms with Crippen molar-refractivity contribution in [2.45, 2.75) is 46.3 Å². The van der Waals surface area contributed by atoms with E-state index in [4.69, 9.17) is 4.74 Å². The summed E-state index contributed by atoms with van der Waals surface area (Å²) in [5.74, 6) is 0. The van der Waals surface area contributed by atoms with Gasteiger partial charge in [-0.2, -0.15) is 0 Å². The van der Waals surface area contributed by atoms with E-state index in [1.54, 1.807) is 0 Å². The Hall–Kier alpha value is -0.120. The minimum absolute atomic E-state index is 0.391. The summed E-state index contributed by atoms with van der Waals surface area (Å²) in [5, 5.41) is 0. The third-order valence-corrected chi connectivity index (χ3v) is 3.83. The Balaban J connectivity index is 2.21. The van der Waals surface area contributed by atoms with E-state index in [0.717, 1.165) is 13.2 Å². The average molecular weight is 228 g/mol. The molecule has 0 aromatic carbocycles. The molecule has 2 atom stereocenters. The van der Waals surface area contributed by atoms with Crippen LogP contribution < -0.4 is 0 Å². The third kappa shape index (κ3) is 4.04. The first-order valence-corrected chi connectivity index (χ1v) is 6.77. The molecule has 0 radical (unpaired) electrons. The van der Waals surface area contributed by atoms with E-state index in [9.17, 15) is 0 Å².